The highest BCUT2D eigenvalue weighted by Crippen LogP contribution is 2.27. The molecule has 0 aromatic rings. The molecule has 0 bridgehead atoms. The third kappa shape index (κ3) is 4.24. The van der Waals surface area contributed by atoms with Crippen molar-refractivity contribution in [2.75, 3.05) is 20.3 Å². The molecule has 21 heavy (non-hydrogen) atoms. The van der Waals surface area contributed by atoms with E-state index in [0.717, 1.165) is 17.4 Å². The van der Waals surface area contributed by atoms with Gasteiger partial charge in [-0.25, -0.2) is 4.79 Å². The van der Waals surface area contributed by atoms with Crippen LogP contribution in [0.15, 0.2) is 12.3 Å². The van der Waals surface area contributed by atoms with Crippen LogP contribution in [0.4, 0.5) is 4.79 Å². The summed E-state index contributed by atoms with van der Waals surface area (Å²) >= 11 is 0. The summed E-state index contributed by atoms with van der Waals surface area (Å²) in [6.45, 7) is 1.97. The van der Waals surface area contributed by atoms with Gasteiger partial charge in [0, 0.05) is 19.9 Å². The van der Waals surface area contributed by atoms with Gasteiger partial charge in [-0.2, -0.15) is 0 Å². The van der Waals surface area contributed by atoms with Gasteiger partial charge in [0.2, 0.25) is 0 Å². The molecule has 8 heteroatoms. The molecule has 8 nitrogen and oxygen atoms in total. The first-order valence-corrected chi connectivity index (χ1v) is 6.78. The first-order valence-electron chi connectivity index (χ1n) is 6.78. The number of allylic oxidation sites excluding steroid dienone is 1. The maximum Gasteiger partial charge on any atom is 0.323 e. The molecular formula is C13H22N2O6. The number of nitrogens with one attached hydrogen (secondary N) is 1. The molecule has 0 aliphatic carbocycles. The summed E-state index contributed by atoms with van der Waals surface area (Å²) in [7, 11) is 1.42. The lowest BCUT2D eigenvalue weighted by Crippen LogP contribution is -2.48. The molecule has 1 aliphatic heterocycles. The Bertz CT molecular complexity index is 376. The smallest absolute Gasteiger partial charge is 0.323 e. The highest BCUT2D eigenvalue weighted by Gasteiger charge is 2.47. The average Bonchev–Trinajstić information content (AvgIpc) is 2.81. The molecule has 3 N–H and O–H groups in total. The van der Waals surface area contributed by atoms with Crippen molar-refractivity contribution in [3.8, 4) is 0 Å². The molecule has 1 rings (SSSR count). The second-order valence-corrected chi connectivity index (χ2v) is 4.51. The monoisotopic (exact) mass is 302 g/mol. The van der Waals surface area contributed by atoms with Gasteiger partial charge in [-0.3, -0.25) is 9.69 Å². The lowest BCUT2D eigenvalue weighted by molar-refractivity contribution is -0.104. The van der Waals surface area contributed by atoms with Crippen molar-refractivity contribution in [3.05, 3.63) is 12.3 Å². The van der Waals surface area contributed by atoms with E-state index < -0.39 is 30.6 Å². The molecule has 0 radical (unpaired) electrons. The predicted molar refractivity (Wildman–Crippen MR) is 73.3 cm³/mol. The Balaban J connectivity index is 2.90. The van der Waals surface area contributed by atoms with Crippen molar-refractivity contribution in [1.82, 2.24) is 10.2 Å². The van der Waals surface area contributed by atoms with Gasteiger partial charge in [0.15, 0.2) is 6.23 Å². The summed E-state index contributed by atoms with van der Waals surface area (Å²) in [6.07, 6.45) is -0.0923. The topological polar surface area (TPSA) is 108 Å². The van der Waals surface area contributed by atoms with E-state index in [2.05, 4.69) is 5.32 Å². The van der Waals surface area contributed by atoms with Gasteiger partial charge in [0.1, 0.15) is 24.6 Å². The van der Waals surface area contributed by atoms with Crippen molar-refractivity contribution in [2.24, 2.45) is 0 Å². The second kappa shape index (κ2) is 8.73. The Labute approximate surface area is 123 Å². The lowest BCUT2D eigenvalue weighted by Gasteiger charge is -2.27. The van der Waals surface area contributed by atoms with Crippen LogP contribution in [0.2, 0.25) is 0 Å². The van der Waals surface area contributed by atoms with Crippen molar-refractivity contribution < 1.29 is 29.3 Å². The summed E-state index contributed by atoms with van der Waals surface area (Å²) in [6, 6.07) is -0.551. The molecule has 1 saturated heterocycles. The Hall–Kier alpha value is -1.48. The van der Waals surface area contributed by atoms with Crippen LogP contribution in [0, 0.1) is 0 Å². The second-order valence-electron chi connectivity index (χ2n) is 4.51. The predicted octanol–water partition coefficient (Wildman–Crippen LogP) is -0.786. The zero-order valence-corrected chi connectivity index (χ0v) is 12.1. The Morgan fingerprint density at radius 2 is 2.24 bits per heavy atom. The van der Waals surface area contributed by atoms with Crippen LogP contribution in [0.3, 0.4) is 0 Å². The van der Waals surface area contributed by atoms with Gasteiger partial charge in [0.25, 0.3) is 0 Å². The van der Waals surface area contributed by atoms with Gasteiger partial charge in [-0.05, 0) is 12.5 Å². The van der Waals surface area contributed by atoms with Crippen LogP contribution >= 0.6 is 0 Å². The van der Waals surface area contributed by atoms with Gasteiger partial charge in [-0.1, -0.05) is 6.92 Å². The van der Waals surface area contributed by atoms with Crippen LogP contribution < -0.4 is 5.32 Å². The van der Waals surface area contributed by atoms with Crippen LogP contribution in [-0.2, 0) is 14.3 Å². The zero-order chi connectivity index (χ0) is 15.8. The number of aliphatic hydroxyl groups is 2. The molecule has 2 amide bonds. The number of urea groups is 1. The van der Waals surface area contributed by atoms with E-state index in [4.69, 9.17) is 9.47 Å². The summed E-state index contributed by atoms with van der Waals surface area (Å²) in [5, 5.41) is 22.0. The van der Waals surface area contributed by atoms with Gasteiger partial charge in [-0.15, -0.1) is 0 Å². The third-order valence-corrected chi connectivity index (χ3v) is 3.05. The fourth-order valence-electron chi connectivity index (χ4n) is 2.08. The number of hydrogen-bond acceptors (Lipinski definition) is 6. The van der Waals surface area contributed by atoms with Gasteiger partial charge in [0.05, 0.1) is 6.61 Å². The number of aliphatic hydroxyl groups excluding tert-OH is 2. The van der Waals surface area contributed by atoms with Crippen LogP contribution in [-0.4, -0.2) is 72.2 Å². The number of ether oxygens (including phenoxy) is 2. The summed E-state index contributed by atoms with van der Waals surface area (Å²) in [4.78, 5) is 23.3. The van der Waals surface area contributed by atoms with Crippen LogP contribution in [0.5, 0.6) is 0 Å². The summed E-state index contributed by atoms with van der Waals surface area (Å²) in [5.41, 5.74) is 0. The SMILES string of the molecule is CCCO[C@H]1[C@@H](O)[C@H](N(/C=C\C=O)C(=O)NC)O[C@@H]1CO. The highest BCUT2D eigenvalue weighted by atomic mass is 16.6. The number of hydrogen-bond donors (Lipinski definition) is 3. The quantitative estimate of drug-likeness (QED) is 0.420. The van der Waals surface area contributed by atoms with E-state index in [1.54, 1.807) is 0 Å². The molecular weight excluding hydrogens is 280 g/mol. The number of aldehydes is 1. The number of carbonyl (C=O) groups is 2. The third-order valence-electron chi connectivity index (χ3n) is 3.05. The molecule has 0 spiro atoms. The lowest BCUT2D eigenvalue weighted by atomic mass is 10.1. The standard InChI is InChI=1S/C13H22N2O6/c1-3-7-20-11-9(8-17)21-12(10(11)18)15(5-4-6-16)13(19)14-2/h4-6,9-12,17-18H,3,7-8H2,1-2H3,(H,14,19)/b5-4-/t9-,10-,11-,12-/m1/s1. The molecule has 1 heterocycles. The van der Waals surface area contributed by atoms with Crippen molar-refractivity contribution in [1.29, 1.82) is 0 Å². The number of nitrogens with zero attached hydrogens (tertiary/aromatic N) is 1. The van der Waals surface area contributed by atoms with Crippen LogP contribution in [0.25, 0.3) is 0 Å². The number of amides is 2. The summed E-state index contributed by atoms with van der Waals surface area (Å²) in [5.74, 6) is 0. The van der Waals surface area contributed by atoms with Crippen molar-refractivity contribution in [3.63, 3.8) is 0 Å². The first-order chi connectivity index (χ1) is 10.1. The fourth-order valence-corrected chi connectivity index (χ4v) is 2.08. The normalized spacial score (nSPS) is 28.8. The Morgan fingerprint density at radius 1 is 1.52 bits per heavy atom. The van der Waals surface area contributed by atoms with E-state index in [0.29, 0.717) is 12.9 Å². The fraction of sp³-hybridized carbons (Fsp3) is 0.692. The minimum atomic E-state index is -1.14. The minimum absolute atomic E-state index is 0.346. The molecule has 120 valence electrons. The van der Waals surface area contributed by atoms with E-state index in [1.165, 1.54) is 13.2 Å². The Kier molecular flexibility index (Phi) is 7.30. The van der Waals surface area contributed by atoms with Gasteiger partial charge < -0.3 is 25.0 Å². The first kappa shape index (κ1) is 17.6. The zero-order valence-electron chi connectivity index (χ0n) is 12.1. The molecule has 1 aliphatic rings. The van der Waals surface area contributed by atoms with E-state index in [-0.39, 0.29) is 6.61 Å². The number of carbonyl (C=O) groups excluding carboxylic acids is 2. The van der Waals surface area contributed by atoms with Crippen molar-refractivity contribution in [2.45, 2.75) is 37.9 Å². The maximum atomic E-state index is 11.8. The van der Waals surface area contributed by atoms with Gasteiger partial charge >= 0.3 is 6.03 Å². The molecule has 0 aromatic heterocycles. The molecule has 0 unspecified atom stereocenters. The maximum absolute atomic E-state index is 11.8. The molecule has 1 fully saturated rings. The summed E-state index contributed by atoms with van der Waals surface area (Å²) < 4.78 is 11.0. The molecule has 4 atom stereocenters. The minimum Gasteiger partial charge on any atom is -0.394 e. The van der Waals surface area contributed by atoms with E-state index in [9.17, 15) is 19.8 Å². The average molecular weight is 302 g/mol. The molecule has 0 saturated carbocycles. The Morgan fingerprint density at radius 3 is 2.76 bits per heavy atom. The van der Waals surface area contributed by atoms with Crippen LogP contribution in [0.1, 0.15) is 13.3 Å². The largest absolute Gasteiger partial charge is 0.394 e. The molecule has 0 aromatic carbocycles. The number of rotatable bonds is 7. The van der Waals surface area contributed by atoms with E-state index >= 15 is 0 Å². The van der Waals surface area contributed by atoms with Crippen molar-refractivity contribution >= 4 is 12.3 Å². The highest BCUT2D eigenvalue weighted by molar-refractivity contribution is 5.76. The van der Waals surface area contributed by atoms with E-state index in [1.807, 2.05) is 6.92 Å².